The highest BCUT2D eigenvalue weighted by Gasteiger charge is 2.07. The summed E-state index contributed by atoms with van der Waals surface area (Å²) in [5.74, 6) is -0.350. The maximum absolute atomic E-state index is 11.8. The van der Waals surface area contributed by atoms with E-state index >= 15 is 0 Å². The molecule has 2 heterocycles. The summed E-state index contributed by atoms with van der Waals surface area (Å²) in [5, 5.41) is 2.70. The van der Waals surface area contributed by atoms with Crippen molar-refractivity contribution in [2.24, 2.45) is 0 Å². The van der Waals surface area contributed by atoms with Crippen LogP contribution in [0.25, 0.3) is 0 Å². The average Bonchev–Trinajstić information content (AvgIpc) is 2.32. The number of aromatic amines is 1. The van der Waals surface area contributed by atoms with Crippen molar-refractivity contribution in [3.05, 3.63) is 58.3 Å². The smallest absolute Gasteiger partial charge is 0.272 e. The van der Waals surface area contributed by atoms with Crippen LogP contribution in [0.4, 0.5) is 5.69 Å². The van der Waals surface area contributed by atoms with Crippen molar-refractivity contribution < 1.29 is 4.79 Å². The Bertz CT molecular complexity index is 604. The van der Waals surface area contributed by atoms with Crippen LogP contribution in [0.5, 0.6) is 0 Å². The molecule has 5 nitrogen and oxygen atoms in total. The monoisotopic (exact) mass is 229 g/mol. The number of carbonyl (C=O) groups is 1. The number of aromatic nitrogens is 2. The molecule has 0 saturated heterocycles. The summed E-state index contributed by atoms with van der Waals surface area (Å²) in [6, 6.07) is 6.14. The van der Waals surface area contributed by atoms with Crippen molar-refractivity contribution in [3.63, 3.8) is 0 Å². The molecular weight excluding hydrogens is 218 g/mol. The van der Waals surface area contributed by atoms with Gasteiger partial charge in [-0.05, 0) is 24.6 Å². The van der Waals surface area contributed by atoms with Crippen LogP contribution in [-0.2, 0) is 0 Å². The minimum Gasteiger partial charge on any atom is -0.320 e. The number of aryl methyl sites for hydroxylation is 1. The summed E-state index contributed by atoms with van der Waals surface area (Å²) in [4.78, 5) is 29.3. The second kappa shape index (κ2) is 4.61. The Balaban J connectivity index is 2.23. The summed E-state index contributed by atoms with van der Waals surface area (Å²) in [6.45, 7) is 1.84. The normalized spacial score (nSPS) is 9.94. The van der Waals surface area contributed by atoms with Gasteiger partial charge in [-0.1, -0.05) is 6.07 Å². The number of hydrogen-bond acceptors (Lipinski definition) is 3. The standard InChI is InChI=1S/C12H11N3O2/c1-8-7-13-6-5-9(8)15-12(17)10-3-2-4-11(16)14-10/h2-7H,1H3,(H,14,16)(H,13,15,17). The van der Waals surface area contributed by atoms with Crippen molar-refractivity contribution in [1.82, 2.24) is 9.97 Å². The first-order valence-corrected chi connectivity index (χ1v) is 5.08. The molecule has 0 unspecified atom stereocenters. The SMILES string of the molecule is Cc1cnccc1NC(=O)c1cccc(=O)[nH]1. The molecule has 0 aromatic carbocycles. The molecule has 0 saturated carbocycles. The summed E-state index contributed by atoms with van der Waals surface area (Å²) < 4.78 is 0. The molecule has 2 aromatic heterocycles. The molecule has 2 rings (SSSR count). The molecule has 1 amide bonds. The molecule has 0 aliphatic rings. The van der Waals surface area contributed by atoms with Crippen LogP contribution in [-0.4, -0.2) is 15.9 Å². The molecule has 0 aliphatic heterocycles. The Morgan fingerprint density at radius 3 is 2.88 bits per heavy atom. The van der Waals surface area contributed by atoms with Gasteiger partial charge >= 0.3 is 0 Å². The molecule has 86 valence electrons. The lowest BCUT2D eigenvalue weighted by Crippen LogP contribution is -2.18. The first kappa shape index (κ1) is 11.1. The Morgan fingerprint density at radius 1 is 1.35 bits per heavy atom. The van der Waals surface area contributed by atoms with Crippen LogP contribution in [0.15, 0.2) is 41.5 Å². The van der Waals surface area contributed by atoms with Crippen LogP contribution in [0.2, 0.25) is 0 Å². The molecule has 0 radical (unpaired) electrons. The summed E-state index contributed by atoms with van der Waals surface area (Å²) in [5.41, 5.74) is 1.46. The van der Waals surface area contributed by atoms with Gasteiger partial charge in [0.05, 0.1) is 0 Å². The first-order chi connectivity index (χ1) is 8.16. The molecule has 0 bridgehead atoms. The van der Waals surface area contributed by atoms with Gasteiger partial charge in [0.1, 0.15) is 5.69 Å². The number of pyridine rings is 2. The minimum atomic E-state index is -0.350. The number of anilines is 1. The minimum absolute atomic E-state index is 0.230. The number of nitrogens with one attached hydrogen (secondary N) is 2. The Kier molecular flexibility index (Phi) is 3.00. The van der Waals surface area contributed by atoms with Crippen molar-refractivity contribution in [2.45, 2.75) is 6.92 Å². The van der Waals surface area contributed by atoms with Gasteiger partial charge in [-0.25, -0.2) is 0 Å². The van der Waals surface area contributed by atoms with E-state index in [1.807, 2.05) is 6.92 Å². The van der Waals surface area contributed by atoms with Gasteiger partial charge in [0.15, 0.2) is 0 Å². The molecular formula is C12H11N3O2. The third kappa shape index (κ3) is 2.57. The topological polar surface area (TPSA) is 74.8 Å². The van der Waals surface area contributed by atoms with Crippen LogP contribution < -0.4 is 10.9 Å². The van der Waals surface area contributed by atoms with Gasteiger partial charge in [-0.15, -0.1) is 0 Å². The summed E-state index contributed by atoms with van der Waals surface area (Å²) in [6.07, 6.45) is 3.25. The van der Waals surface area contributed by atoms with E-state index in [-0.39, 0.29) is 17.2 Å². The van der Waals surface area contributed by atoms with Gasteiger partial charge in [0, 0.05) is 24.1 Å². The largest absolute Gasteiger partial charge is 0.320 e. The lowest BCUT2D eigenvalue weighted by molar-refractivity contribution is 0.102. The molecule has 0 aliphatic carbocycles. The van der Waals surface area contributed by atoms with Crippen LogP contribution in [0.1, 0.15) is 16.1 Å². The van der Waals surface area contributed by atoms with E-state index in [0.29, 0.717) is 5.69 Å². The number of H-pyrrole nitrogens is 1. The maximum Gasteiger partial charge on any atom is 0.272 e. The van der Waals surface area contributed by atoms with Crippen molar-refractivity contribution in [3.8, 4) is 0 Å². The zero-order chi connectivity index (χ0) is 12.3. The molecule has 17 heavy (non-hydrogen) atoms. The fraction of sp³-hybridized carbons (Fsp3) is 0.0833. The van der Waals surface area contributed by atoms with E-state index < -0.39 is 0 Å². The molecule has 5 heteroatoms. The van der Waals surface area contributed by atoms with E-state index in [1.54, 1.807) is 24.5 Å². The fourth-order valence-corrected chi connectivity index (χ4v) is 1.38. The Labute approximate surface area is 97.5 Å². The lowest BCUT2D eigenvalue weighted by Gasteiger charge is -2.06. The second-order valence-electron chi connectivity index (χ2n) is 3.57. The van der Waals surface area contributed by atoms with Crippen LogP contribution in [0, 0.1) is 6.92 Å². The van der Waals surface area contributed by atoms with E-state index in [2.05, 4.69) is 15.3 Å². The summed E-state index contributed by atoms with van der Waals surface area (Å²) in [7, 11) is 0. The molecule has 0 spiro atoms. The quantitative estimate of drug-likeness (QED) is 0.815. The predicted molar refractivity (Wildman–Crippen MR) is 64.0 cm³/mol. The van der Waals surface area contributed by atoms with Gasteiger partial charge in [-0.2, -0.15) is 0 Å². The van der Waals surface area contributed by atoms with E-state index in [0.717, 1.165) is 5.56 Å². The highest BCUT2D eigenvalue weighted by Crippen LogP contribution is 2.12. The highest BCUT2D eigenvalue weighted by atomic mass is 16.2. The zero-order valence-electron chi connectivity index (χ0n) is 9.23. The third-order valence-corrected chi connectivity index (χ3v) is 2.28. The number of rotatable bonds is 2. The maximum atomic E-state index is 11.8. The number of carbonyl (C=O) groups excluding carboxylic acids is 1. The van der Waals surface area contributed by atoms with Gasteiger partial charge in [0.2, 0.25) is 5.56 Å². The predicted octanol–water partition coefficient (Wildman–Crippen LogP) is 1.33. The Hall–Kier alpha value is -2.43. The van der Waals surface area contributed by atoms with Crippen LogP contribution in [0.3, 0.4) is 0 Å². The number of nitrogens with zero attached hydrogens (tertiary/aromatic N) is 1. The van der Waals surface area contributed by atoms with Crippen molar-refractivity contribution >= 4 is 11.6 Å². The van der Waals surface area contributed by atoms with Crippen molar-refractivity contribution in [1.29, 1.82) is 0 Å². The highest BCUT2D eigenvalue weighted by molar-refractivity contribution is 6.03. The molecule has 2 N–H and O–H groups in total. The van der Waals surface area contributed by atoms with E-state index in [1.165, 1.54) is 12.1 Å². The lowest BCUT2D eigenvalue weighted by atomic mass is 10.2. The van der Waals surface area contributed by atoms with Gasteiger partial charge in [0.25, 0.3) is 5.91 Å². The van der Waals surface area contributed by atoms with E-state index in [9.17, 15) is 9.59 Å². The van der Waals surface area contributed by atoms with E-state index in [4.69, 9.17) is 0 Å². The molecule has 0 atom stereocenters. The third-order valence-electron chi connectivity index (χ3n) is 2.28. The molecule has 2 aromatic rings. The number of hydrogen-bond donors (Lipinski definition) is 2. The fourth-order valence-electron chi connectivity index (χ4n) is 1.38. The first-order valence-electron chi connectivity index (χ1n) is 5.08. The average molecular weight is 229 g/mol. The van der Waals surface area contributed by atoms with Gasteiger partial charge < -0.3 is 10.3 Å². The second-order valence-corrected chi connectivity index (χ2v) is 3.57. The van der Waals surface area contributed by atoms with Gasteiger partial charge in [-0.3, -0.25) is 14.6 Å². The van der Waals surface area contributed by atoms with Crippen molar-refractivity contribution in [2.75, 3.05) is 5.32 Å². The summed E-state index contributed by atoms with van der Waals surface area (Å²) >= 11 is 0. The van der Waals surface area contributed by atoms with Crippen LogP contribution >= 0.6 is 0 Å². The molecule has 0 fully saturated rings. The Morgan fingerprint density at radius 2 is 2.18 bits per heavy atom. The number of amides is 1. The zero-order valence-corrected chi connectivity index (χ0v) is 9.23.